The number of hydrogen-bond donors (Lipinski definition) is 2. The number of nitrogens with zero attached hydrogens (tertiary/aromatic N) is 1. The van der Waals surface area contributed by atoms with Gasteiger partial charge in [0.15, 0.2) is 11.7 Å². The highest BCUT2D eigenvalue weighted by atomic mass is 127. The zero-order valence-corrected chi connectivity index (χ0v) is 13.2. The van der Waals surface area contributed by atoms with Crippen molar-refractivity contribution in [1.82, 2.24) is 10.6 Å². The van der Waals surface area contributed by atoms with Crippen molar-refractivity contribution in [3.8, 4) is 0 Å². The molecule has 6 heteroatoms. The van der Waals surface area contributed by atoms with Crippen LogP contribution in [0, 0.1) is 0 Å². The van der Waals surface area contributed by atoms with Crippen molar-refractivity contribution in [2.75, 3.05) is 32.8 Å². The third-order valence-electron chi connectivity index (χ3n) is 2.42. The summed E-state index contributed by atoms with van der Waals surface area (Å²) in [6.45, 7) is 9.89. The molecule has 5 nitrogen and oxygen atoms in total. The lowest BCUT2D eigenvalue weighted by Crippen LogP contribution is -2.37. The van der Waals surface area contributed by atoms with E-state index in [9.17, 15) is 0 Å². The SMILES string of the molecule is CCNC(=NCCC1(C)OCCO1)NCC.I. The van der Waals surface area contributed by atoms with E-state index in [-0.39, 0.29) is 24.0 Å². The molecule has 0 amide bonds. The fourth-order valence-corrected chi connectivity index (χ4v) is 1.58. The summed E-state index contributed by atoms with van der Waals surface area (Å²) in [4.78, 5) is 4.45. The van der Waals surface area contributed by atoms with Gasteiger partial charge in [0.1, 0.15) is 0 Å². The average Bonchev–Trinajstić information content (AvgIpc) is 2.66. The molecule has 0 aromatic rings. The highest BCUT2D eigenvalue weighted by Gasteiger charge is 2.30. The van der Waals surface area contributed by atoms with Crippen LogP contribution in [0.15, 0.2) is 4.99 Å². The van der Waals surface area contributed by atoms with E-state index in [1.54, 1.807) is 0 Å². The Morgan fingerprint density at radius 1 is 1.18 bits per heavy atom. The Morgan fingerprint density at radius 3 is 2.18 bits per heavy atom. The number of rotatable bonds is 5. The van der Waals surface area contributed by atoms with Crippen LogP contribution < -0.4 is 10.6 Å². The lowest BCUT2D eigenvalue weighted by atomic mass is 10.2. The standard InChI is InChI=1S/C11H23N3O2.HI/c1-4-12-10(13-5-2)14-7-6-11(3)15-8-9-16-11;/h4-9H2,1-3H3,(H2,12,13,14);1H. The van der Waals surface area contributed by atoms with E-state index in [2.05, 4.69) is 29.5 Å². The second-order valence-electron chi connectivity index (χ2n) is 3.87. The Bertz CT molecular complexity index is 223. The molecule has 0 atom stereocenters. The van der Waals surface area contributed by atoms with Crippen molar-refractivity contribution >= 4 is 29.9 Å². The maximum atomic E-state index is 5.51. The molecule has 1 aliphatic rings. The molecular formula is C11H24IN3O2. The third-order valence-corrected chi connectivity index (χ3v) is 2.42. The summed E-state index contributed by atoms with van der Waals surface area (Å²) in [7, 11) is 0. The van der Waals surface area contributed by atoms with E-state index in [0.717, 1.165) is 25.5 Å². The molecule has 0 spiro atoms. The van der Waals surface area contributed by atoms with Crippen molar-refractivity contribution in [3.63, 3.8) is 0 Å². The van der Waals surface area contributed by atoms with E-state index < -0.39 is 5.79 Å². The molecule has 1 rings (SSSR count). The highest BCUT2D eigenvalue weighted by molar-refractivity contribution is 14.0. The minimum Gasteiger partial charge on any atom is -0.357 e. The first kappa shape index (κ1) is 16.9. The van der Waals surface area contributed by atoms with Gasteiger partial charge in [0.2, 0.25) is 0 Å². The van der Waals surface area contributed by atoms with Crippen LogP contribution in [0.25, 0.3) is 0 Å². The van der Waals surface area contributed by atoms with Crippen molar-refractivity contribution in [1.29, 1.82) is 0 Å². The van der Waals surface area contributed by atoms with Crippen molar-refractivity contribution in [2.24, 2.45) is 4.99 Å². The Kier molecular flexibility index (Phi) is 8.89. The molecule has 1 heterocycles. The van der Waals surface area contributed by atoms with Crippen LogP contribution >= 0.6 is 24.0 Å². The molecule has 0 saturated carbocycles. The lowest BCUT2D eigenvalue weighted by molar-refractivity contribution is -0.144. The average molecular weight is 357 g/mol. The van der Waals surface area contributed by atoms with Crippen molar-refractivity contribution in [3.05, 3.63) is 0 Å². The molecule has 17 heavy (non-hydrogen) atoms. The number of aliphatic imine (C=N–C) groups is 1. The lowest BCUT2D eigenvalue weighted by Gasteiger charge is -2.21. The maximum Gasteiger partial charge on any atom is 0.191 e. The van der Waals surface area contributed by atoms with Crippen molar-refractivity contribution < 1.29 is 9.47 Å². The first-order chi connectivity index (χ1) is 7.70. The monoisotopic (exact) mass is 357 g/mol. The van der Waals surface area contributed by atoms with Gasteiger partial charge in [-0.05, 0) is 20.8 Å². The first-order valence-electron chi connectivity index (χ1n) is 6.00. The predicted molar refractivity (Wildman–Crippen MR) is 80.0 cm³/mol. The van der Waals surface area contributed by atoms with Crippen LogP contribution in [-0.2, 0) is 9.47 Å². The van der Waals surface area contributed by atoms with E-state index in [1.165, 1.54) is 0 Å². The predicted octanol–water partition coefficient (Wildman–Crippen LogP) is 1.33. The van der Waals surface area contributed by atoms with Gasteiger partial charge >= 0.3 is 0 Å². The largest absolute Gasteiger partial charge is 0.357 e. The second-order valence-corrected chi connectivity index (χ2v) is 3.87. The van der Waals surface area contributed by atoms with Gasteiger partial charge in [0, 0.05) is 26.1 Å². The zero-order chi connectivity index (χ0) is 11.9. The second kappa shape index (κ2) is 8.93. The molecule has 0 aromatic carbocycles. The van der Waals surface area contributed by atoms with E-state index in [1.807, 2.05) is 6.92 Å². The van der Waals surface area contributed by atoms with Gasteiger partial charge in [-0.25, -0.2) is 0 Å². The summed E-state index contributed by atoms with van der Waals surface area (Å²) < 4.78 is 11.0. The highest BCUT2D eigenvalue weighted by Crippen LogP contribution is 2.22. The van der Waals surface area contributed by atoms with Gasteiger partial charge in [0.05, 0.1) is 13.2 Å². The molecule has 0 bridgehead atoms. The molecule has 1 saturated heterocycles. The van der Waals surface area contributed by atoms with Gasteiger partial charge in [-0.15, -0.1) is 24.0 Å². The molecule has 1 fully saturated rings. The molecule has 0 unspecified atom stereocenters. The van der Waals surface area contributed by atoms with Gasteiger partial charge in [-0.3, -0.25) is 4.99 Å². The number of hydrogen-bond acceptors (Lipinski definition) is 3. The van der Waals surface area contributed by atoms with Crippen molar-refractivity contribution in [2.45, 2.75) is 33.0 Å². The third kappa shape index (κ3) is 6.42. The van der Waals surface area contributed by atoms with E-state index >= 15 is 0 Å². The quantitative estimate of drug-likeness (QED) is 0.443. The van der Waals surface area contributed by atoms with Gasteiger partial charge in [0.25, 0.3) is 0 Å². The number of ether oxygens (including phenoxy) is 2. The normalized spacial score (nSPS) is 17.1. The van der Waals surface area contributed by atoms with Crippen LogP contribution in [0.5, 0.6) is 0 Å². The van der Waals surface area contributed by atoms with Crippen LogP contribution in [-0.4, -0.2) is 44.6 Å². The molecular weight excluding hydrogens is 333 g/mol. The van der Waals surface area contributed by atoms with Gasteiger partial charge < -0.3 is 20.1 Å². The minimum atomic E-state index is -0.437. The Balaban J connectivity index is 0.00000256. The Hall–Kier alpha value is -0.0800. The summed E-state index contributed by atoms with van der Waals surface area (Å²) in [6.07, 6.45) is 0.785. The fraction of sp³-hybridized carbons (Fsp3) is 0.909. The summed E-state index contributed by atoms with van der Waals surface area (Å²) in [5.74, 6) is 0.416. The smallest absolute Gasteiger partial charge is 0.191 e. The molecule has 1 aliphatic heterocycles. The fourth-order valence-electron chi connectivity index (χ4n) is 1.58. The number of halogens is 1. The zero-order valence-electron chi connectivity index (χ0n) is 10.9. The van der Waals surface area contributed by atoms with Gasteiger partial charge in [-0.2, -0.15) is 0 Å². The van der Waals surface area contributed by atoms with Crippen LogP contribution in [0.2, 0.25) is 0 Å². The topological polar surface area (TPSA) is 54.9 Å². The number of nitrogens with one attached hydrogen (secondary N) is 2. The Labute approximate surface area is 121 Å². The summed E-state index contributed by atoms with van der Waals surface area (Å²) >= 11 is 0. The van der Waals surface area contributed by atoms with Crippen LogP contribution in [0.1, 0.15) is 27.2 Å². The molecule has 2 N–H and O–H groups in total. The van der Waals surface area contributed by atoms with E-state index in [0.29, 0.717) is 19.8 Å². The molecule has 0 radical (unpaired) electrons. The minimum absolute atomic E-state index is 0. The van der Waals surface area contributed by atoms with Crippen LogP contribution in [0.4, 0.5) is 0 Å². The first-order valence-corrected chi connectivity index (χ1v) is 6.00. The summed E-state index contributed by atoms with van der Waals surface area (Å²) in [5.41, 5.74) is 0. The van der Waals surface area contributed by atoms with E-state index in [4.69, 9.17) is 9.47 Å². The molecule has 102 valence electrons. The molecule has 0 aromatic heterocycles. The molecule has 0 aliphatic carbocycles. The summed E-state index contributed by atoms with van der Waals surface area (Å²) in [5, 5.41) is 6.36. The number of guanidine groups is 1. The van der Waals surface area contributed by atoms with Crippen LogP contribution in [0.3, 0.4) is 0 Å². The van der Waals surface area contributed by atoms with Gasteiger partial charge in [-0.1, -0.05) is 0 Å². The maximum absolute atomic E-state index is 5.51. The Morgan fingerprint density at radius 2 is 1.71 bits per heavy atom. The summed E-state index contributed by atoms with van der Waals surface area (Å²) in [6, 6.07) is 0.